The van der Waals surface area contributed by atoms with Crippen LogP contribution < -0.4 is 4.90 Å². The lowest BCUT2D eigenvalue weighted by molar-refractivity contribution is -0.137. The van der Waals surface area contributed by atoms with E-state index in [1.54, 1.807) is 0 Å². The van der Waals surface area contributed by atoms with E-state index in [4.69, 9.17) is 4.52 Å². The Bertz CT molecular complexity index is 816. The summed E-state index contributed by atoms with van der Waals surface area (Å²) < 4.78 is 43.4. The number of piperidine rings is 1. The highest BCUT2D eigenvalue weighted by Crippen LogP contribution is 2.30. The van der Waals surface area contributed by atoms with Crippen LogP contribution in [0.3, 0.4) is 0 Å². The molecule has 6 nitrogen and oxygen atoms in total. The highest BCUT2D eigenvalue weighted by atomic mass is 19.4. The van der Waals surface area contributed by atoms with E-state index in [0.717, 1.165) is 82.4 Å². The molecule has 0 aliphatic carbocycles. The van der Waals surface area contributed by atoms with Crippen LogP contribution in [0.15, 0.2) is 22.9 Å². The van der Waals surface area contributed by atoms with Crippen molar-refractivity contribution in [2.75, 3.05) is 44.2 Å². The van der Waals surface area contributed by atoms with E-state index >= 15 is 0 Å². The number of alkyl halides is 3. The molecule has 0 spiro atoms. The Hall–Kier alpha value is -2.13. The Labute approximate surface area is 174 Å². The van der Waals surface area contributed by atoms with Gasteiger partial charge in [-0.2, -0.15) is 13.2 Å². The normalized spacial score (nSPS) is 20.1. The Morgan fingerprint density at radius 2 is 1.73 bits per heavy atom. The molecule has 2 aliphatic heterocycles. The maximum Gasteiger partial charge on any atom is 0.417 e. The minimum absolute atomic E-state index is 0.564. The molecule has 2 aromatic heterocycles. The fourth-order valence-electron chi connectivity index (χ4n) is 4.45. The molecule has 2 aromatic rings. The first-order valence-corrected chi connectivity index (χ1v) is 10.5. The van der Waals surface area contributed by atoms with Crippen LogP contribution in [0.1, 0.15) is 35.4 Å². The molecule has 30 heavy (non-hydrogen) atoms. The zero-order chi connectivity index (χ0) is 21.3. The lowest BCUT2D eigenvalue weighted by Gasteiger charge is -2.43. The number of aryl methyl sites for hydroxylation is 2. The summed E-state index contributed by atoms with van der Waals surface area (Å²) in [4.78, 5) is 11.1. The third-order valence-corrected chi connectivity index (χ3v) is 6.35. The molecule has 4 heterocycles. The van der Waals surface area contributed by atoms with Gasteiger partial charge >= 0.3 is 6.18 Å². The molecule has 2 fully saturated rings. The first-order valence-electron chi connectivity index (χ1n) is 10.5. The van der Waals surface area contributed by atoms with E-state index in [1.165, 1.54) is 11.6 Å². The van der Waals surface area contributed by atoms with Gasteiger partial charge in [0, 0.05) is 50.5 Å². The quantitative estimate of drug-likeness (QED) is 0.750. The van der Waals surface area contributed by atoms with Crippen LogP contribution in [0.2, 0.25) is 0 Å². The van der Waals surface area contributed by atoms with Gasteiger partial charge in [0.15, 0.2) is 0 Å². The summed E-state index contributed by atoms with van der Waals surface area (Å²) in [6.07, 6.45) is -1.16. The number of anilines is 1. The van der Waals surface area contributed by atoms with Crippen LogP contribution >= 0.6 is 0 Å². The second-order valence-corrected chi connectivity index (χ2v) is 8.24. The Balaban J connectivity index is 1.25. The molecule has 164 valence electrons. The fraction of sp³-hybridized carbons (Fsp3) is 0.619. The van der Waals surface area contributed by atoms with Crippen molar-refractivity contribution in [2.24, 2.45) is 0 Å². The molecular weight excluding hydrogens is 395 g/mol. The molecule has 0 amide bonds. The lowest BCUT2D eigenvalue weighted by Crippen LogP contribution is -2.53. The van der Waals surface area contributed by atoms with Gasteiger partial charge in [0.25, 0.3) is 0 Å². The van der Waals surface area contributed by atoms with E-state index < -0.39 is 11.7 Å². The van der Waals surface area contributed by atoms with E-state index in [-0.39, 0.29) is 0 Å². The van der Waals surface area contributed by atoms with Gasteiger partial charge in [0.1, 0.15) is 11.6 Å². The van der Waals surface area contributed by atoms with Gasteiger partial charge in [-0.25, -0.2) is 4.98 Å². The van der Waals surface area contributed by atoms with E-state index in [1.807, 2.05) is 13.8 Å². The van der Waals surface area contributed by atoms with Crippen LogP contribution in [0.25, 0.3) is 0 Å². The minimum atomic E-state index is -4.34. The van der Waals surface area contributed by atoms with Crippen molar-refractivity contribution in [3.63, 3.8) is 0 Å². The Kier molecular flexibility index (Phi) is 6.02. The lowest BCUT2D eigenvalue weighted by atomic mass is 10.0. The van der Waals surface area contributed by atoms with Crippen molar-refractivity contribution in [1.82, 2.24) is 19.9 Å². The molecule has 0 saturated carbocycles. The molecule has 4 rings (SSSR count). The molecule has 9 heteroatoms. The zero-order valence-corrected chi connectivity index (χ0v) is 17.5. The third-order valence-electron chi connectivity index (χ3n) is 6.35. The van der Waals surface area contributed by atoms with Crippen molar-refractivity contribution in [2.45, 2.75) is 45.5 Å². The summed E-state index contributed by atoms with van der Waals surface area (Å²) in [5.74, 6) is 1.53. The van der Waals surface area contributed by atoms with Crippen LogP contribution in [0, 0.1) is 13.8 Å². The summed E-state index contributed by atoms with van der Waals surface area (Å²) in [6.45, 7) is 10.4. The van der Waals surface area contributed by atoms with Crippen molar-refractivity contribution in [3.05, 3.63) is 40.9 Å². The first-order chi connectivity index (χ1) is 14.3. The summed E-state index contributed by atoms with van der Waals surface area (Å²) >= 11 is 0. The maximum absolute atomic E-state index is 12.7. The fourth-order valence-corrected chi connectivity index (χ4v) is 4.45. The smallest absolute Gasteiger partial charge is 0.361 e. The van der Waals surface area contributed by atoms with Crippen molar-refractivity contribution < 1.29 is 17.7 Å². The SMILES string of the molecule is Cc1noc(C)c1CN1CCC(N2CCN(c3ccc(C(F)(F)F)cn3)CC2)CC1. The molecular formula is C21H28F3N5O. The minimum Gasteiger partial charge on any atom is -0.361 e. The van der Waals surface area contributed by atoms with Crippen LogP contribution in [0.4, 0.5) is 19.0 Å². The van der Waals surface area contributed by atoms with Crippen molar-refractivity contribution in [3.8, 4) is 0 Å². The van der Waals surface area contributed by atoms with Crippen LogP contribution in [-0.2, 0) is 12.7 Å². The summed E-state index contributed by atoms with van der Waals surface area (Å²) in [7, 11) is 0. The Morgan fingerprint density at radius 1 is 1.03 bits per heavy atom. The molecule has 0 unspecified atom stereocenters. The highest BCUT2D eigenvalue weighted by Gasteiger charge is 2.32. The molecule has 0 N–H and O–H groups in total. The second kappa shape index (κ2) is 8.55. The monoisotopic (exact) mass is 423 g/mol. The predicted molar refractivity (Wildman–Crippen MR) is 107 cm³/mol. The number of aromatic nitrogens is 2. The number of pyridine rings is 1. The van der Waals surface area contributed by atoms with Gasteiger partial charge in [-0.3, -0.25) is 9.80 Å². The van der Waals surface area contributed by atoms with Gasteiger partial charge < -0.3 is 9.42 Å². The summed E-state index contributed by atoms with van der Waals surface area (Å²) in [5, 5.41) is 4.04. The first kappa shape index (κ1) is 21.1. The summed E-state index contributed by atoms with van der Waals surface area (Å²) in [6, 6.07) is 3.16. The molecule has 2 aliphatic rings. The third kappa shape index (κ3) is 4.62. The van der Waals surface area contributed by atoms with Crippen molar-refractivity contribution in [1.29, 1.82) is 0 Å². The summed E-state index contributed by atoms with van der Waals surface area (Å²) in [5.41, 5.74) is 1.47. The number of piperazine rings is 1. The van der Waals surface area contributed by atoms with Gasteiger partial charge in [-0.15, -0.1) is 0 Å². The zero-order valence-electron chi connectivity index (χ0n) is 17.5. The topological polar surface area (TPSA) is 48.6 Å². The molecule has 2 saturated heterocycles. The van der Waals surface area contributed by atoms with Crippen LogP contribution in [-0.4, -0.2) is 65.3 Å². The molecule has 0 radical (unpaired) electrons. The van der Waals surface area contributed by atoms with E-state index in [0.29, 0.717) is 11.9 Å². The van der Waals surface area contributed by atoms with Crippen molar-refractivity contribution >= 4 is 5.82 Å². The number of hydrogen-bond donors (Lipinski definition) is 0. The van der Waals surface area contributed by atoms with Gasteiger partial charge in [-0.1, -0.05) is 5.16 Å². The average Bonchev–Trinajstić information content (AvgIpc) is 3.06. The van der Waals surface area contributed by atoms with Gasteiger partial charge in [-0.05, 0) is 51.9 Å². The number of rotatable bonds is 4. The number of nitrogens with zero attached hydrogens (tertiary/aromatic N) is 5. The molecule has 0 atom stereocenters. The number of halogens is 3. The largest absolute Gasteiger partial charge is 0.417 e. The van der Waals surface area contributed by atoms with E-state index in [2.05, 4.69) is 24.8 Å². The standard InChI is InChI=1S/C21H28F3N5O/c1-15-19(16(2)30-26-15)14-27-7-5-18(6-8-27)28-9-11-29(12-10-28)20-4-3-17(13-25-20)21(22,23)24/h3-4,13,18H,5-12,14H2,1-2H3. The number of hydrogen-bond acceptors (Lipinski definition) is 6. The second-order valence-electron chi connectivity index (χ2n) is 8.24. The van der Waals surface area contributed by atoms with Gasteiger partial charge in [0.05, 0.1) is 11.3 Å². The molecule has 0 aromatic carbocycles. The van der Waals surface area contributed by atoms with Gasteiger partial charge in [0.2, 0.25) is 0 Å². The number of likely N-dealkylation sites (tertiary alicyclic amines) is 1. The predicted octanol–water partition coefficient (Wildman–Crippen LogP) is 3.49. The molecule has 0 bridgehead atoms. The Morgan fingerprint density at radius 3 is 2.27 bits per heavy atom. The maximum atomic E-state index is 12.7. The highest BCUT2D eigenvalue weighted by molar-refractivity contribution is 5.40. The van der Waals surface area contributed by atoms with E-state index in [9.17, 15) is 13.2 Å². The average molecular weight is 423 g/mol. The van der Waals surface area contributed by atoms with Crippen LogP contribution in [0.5, 0.6) is 0 Å².